The number of halogens is 1. The Bertz CT molecular complexity index is 574. The summed E-state index contributed by atoms with van der Waals surface area (Å²) in [5.74, 6) is 0.264. The maximum atomic E-state index is 9.59. The van der Waals surface area contributed by atoms with Crippen LogP contribution in [0.3, 0.4) is 0 Å². The van der Waals surface area contributed by atoms with Crippen molar-refractivity contribution in [2.75, 3.05) is 7.11 Å². The van der Waals surface area contributed by atoms with Crippen molar-refractivity contribution in [3.05, 3.63) is 52.1 Å². The average Bonchev–Trinajstić information content (AvgIpc) is 2.40. The van der Waals surface area contributed by atoms with E-state index in [0.29, 0.717) is 10.7 Å². The van der Waals surface area contributed by atoms with Crippen LogP contribution in [0.4, 0.5) is 0 Å². The molecule has 0 aromatic heterocycles. The third-order valence-corrected chi connectivity index (χ3v) is 3.36. The summed E-state index contributed by atoms with van der Waals surface area (Å²) in [5, 5.41) is 14.4. The maximum Gasteiger partial charge on any atom is 0.118 e. The van der Waals surface area contributed by atoms with Crippen molar-refractivity contribution in [1.29, 1.82) is 0 Å². The van der Waals surface area contributed by atoms with Crippen molar-refractivity contribution in [1.82, 2.24) is 0 Å². The molecule has 4 heteroatoms. The van der Waals surface area contributed by atoms with Crippen LogP contribution in [0, 0.1) is 6.92 Å². The molecule has 0 fully saturated rings. The van der Waals surface area contributed by atoms with Crippen LogP contribution in [-0.2, 0) is 4.84 Å². The van der Waals surface area contributed by atoms with Crippen molar-refractivity contribution in [2.45, 2.75) is 19.8 Å². The van der Waals surface area contributed by atoms with Gasteiger partial charge < -0.3 is 9.94 Å². The average molecular weight is 278 g/mol. The minimum atomic E-state index is 0.264. The number of phenolic OH excluding ortho intramolecular Hbond substituents is 1. The molecule has 0 unspecified atom stereocenters. The quantitative estimate of drug-likeness (QED) is 0.673. The smallest absolute Gasteiger partial charge is 0.118 e. The lowest BCUT2D eigenvalue weighted by Gasteiger charge is -2.14. The fourth-order valence-electron chi connectivity index (χ4n) is 2.01. The molecule has 100 valence electrons. The summed E-state index contributed by atoms with van der Waals surface area (Å²) in [6, 6.07) is 5.32. The predicted molar refractivity (Wildman–Crippen MR) is 77.6 cm³/mol. The molecule has 1 aromatic rings. The first-order valence-corrected chi connectivity index (χ1v) is 6.49. The minimum Gasteiger partial charge on any atom is -0.508 e. The molecule has 0 bridgehead atoms. The molecule has 1 aliphatic rings. The first-order chi connectivity index (χ1) is 9.13. The Hall–Kier alpha value is -1.74. The standard InChI is InChI=1S/C15H16ClNO2/c1-10-9-11(7-8-14(10)18)15(17-19-2)12-5-3-4-6-13(12)16/h5-9,18H,3-4H2,1-2H3/b17-15+. The van der Waals surface area contributed by atoms with Crippen LogP contribution in [-0.4, -0.2) is 17.9 Å². The number of aromatic hydroxyl groups is 1. The highest BCUT2D eigenvalue weighted by Crippen LogP contribution is 2.28. The molecule has 0 radical (unpaired) electrons. The molecule has 1 aromatic carbocycles. The van der Waals surface area contributed by atoms with Gasteiger partial charge in [0.15, 0.2) is 0 Å². The lowest BCUT2D eigenvalue weighted by atomic mass is 9.96. The second kappa shape index (κ2) is 5.93. The van der Waals surface area contributed by atoms with Gasteiger partial charge in [-0.25, -0.2) is 0 Å². The largest absolute Gasteiger partial charge is 0.508 e. The molecule has 0 heterocycles. The van der Waals surface area contributed by atoms with E-state index in [1.165, 1.54) is 7.11 Å². The van der Waals surface area contributed by atoms with E-state index in [1.54, 1.807) is 12.1 Å². The van der Waals surface area contributed by atoms with Crippen molar-refractivity contribution in [3.63, 3.8) is 0 Å². The van der Waals surface area contributed by atoms with Crippen LogP contribution < -0.4 is 0 Å². The normalized spacial score (nSPS) is 15.8. The van der Waals surface area contributed by atoms with Crippen molar-refractivity contribution < 1.29 is 9.94 Å². The summed E-state index contributed by atoms with van der Waals surface area (Å²) in [6.45, 7) is 1.84. The minimum absolute atomic E-state index is 0.264. The SMILES string of the molecule is CO/N=C(/C1=CCCC=C1Cl)c1ccc(O)c(C)c1. The van der Waals surface area contributed by atoms with Gasteiger partial charge in [-0.3, -0.25) is 0 Å². The second-order valence-electron chi connectivity index (χ2n) is 4.37. The van der Waals surface area contributed by atoms with Crippen LogP contribution in [0.15, 0.2) is 46.1 Å². The third kappa shape index (κ3) is 2.99. The Labute approximate surface area is 117 Å². The van der Waals surface area contributed by atoms with E-state index in [1.807, 2.05) is 19.1 Å². The number of aryl methyl sites for hydroxylation is 1. The molecule has 3 nitrogen and oxygen atoms in total. The summed E-state index contributed by atoms with van der Waals surface area (Å²) >= 11 is 6.24. The molecule has 0 saturated carbocycles. The van der Waals surface area contributed by atoms with E-state index < -0.39 is 0 Å². The Morgan fingerprint density at radius 3 is 2.68 bits per heavy atom. The van der Waals surface area contributed by atoms with E-state index in [-0.39, 0.29) is 5.75 Å². The molecule has 0 aliphatic heterocycles. The number of nitrogens with zero attached hydrogens (tertiary/aromatic N) is 1. The summed E-state index contributed by atoms with van der Waals surface area (Å²) in [4.78, 5) is 4.93. The highest BCUT2D eigenvalue weighted by atomic mass is 35.5. The first-order valence-electron chi connectivity index (χ1n) is 6.11. The highest BCUT2D eigenvalue weighted by Gasteiger charge is 2.17. The van der Waals surface area contributed by atoms with E-state index in [0.717, 1.165) is 29.5 Å². The first kappa shape index (κ1) is 13.7. The number of hydrogen-bond donors (Lipinski definition) is 1. The number of phenols is 1. The lowest BCUT2D eigenvalue weighted by molar-refractivity contribution is 0.214. The Balaban J connectivity index is 2.46. The number of hydrogen-bond acceptors (Lipinski definition) is 3. The van der Waals surface area contributed by atoms with Crippen molar-refractivity contribution >= 4 is 17.3 Å². The molecule has 0 saturated heterocycles. The number of oxime groups is 1. The zero-order valence-electron chi connectivity index (χ0n) is 11.0. The molecule has 0 spiro atoms. The van der Waals surface area contributed by atoms with Crippen molar-refractivity contribution in [3.8, 4) is 5.75 Å². The van der Waals surface area contributed by atoms with E-state index >= 15 is 0 Å². The van der Waals surface area contributed by atoms with Gasteiger partial charge in [0.25, 0.3) is 0 Å². The maximum absolute atomic E-state index is 9.59. The topological polar surface area (TPSA) is 41.8 Å². The molecule has 1 aliphatic carbocycles. The number of rotatable bonds is 3. The summed E-state index contributed by atoms with van der Waals surface area (Å²) in [6.07, 6.45) is 5.92. The monoisotopic (exact) mass is 277 g/mol. The third-order valence-electron chi connectivity index (χ3n) is 3.00. The number of allylic oxidation sites excluding steroid dienone is 4. The zero-order valence-corrected chi connectivity index (χ0v) is 11.7. The zero-order chi connectivity index (χ0) is 13.8. The van der Waals surface area contributed by atoms with Crippen LogP contribution >= 0.6 is 11.6 Å². The van der Waals surface area contributed by atoms with Gasteiger partial charge >= 0.3 is 0 Å². The highest BCUT2D eigenvalue weighted by molar-refractivity contribution is 6.37. The molecule has 19 heavy (non-hydrogen) atoms. The molecular weight excluding hydrogens is 262 g/mol. The summed E-state index contributed by atoms with van der Waals surface area (Å²) < 4.78 is 0. The van der Waals surface area contributed by atoms with Crippen LogP contribution in [0.5, 0.6) is 5.75 Å². The Morgan fingerprint density at radius 2 is 2.05 bits per heavy atom. The van der Waals surface area contributed by atoms with Gasteiger partial charge in [-0.15, -0.1) is 0 Å². The molecule has 2 rings (SSSR count). The summed E-state index contributed by atoms with van der Waals surface area (Å²) in [5.41, 5.74) is 3.22. The van der Waals surface area contributed by atoms with E-state index in [2.05, 4.69) is 11.2 Å². The van der Waals surface area contributed by atoms with E-state index in [9.17, 15) is 5.11 Å². The second-order valence-corrected chi connectivity index (χ2v) is 4.78. The Morgan fingerprint density at radius 1 is 1.32 bits per heavy atom. The van der Waals surface area contributed by atoms with Gasteiger partial charge in [0, 0.05) is 16.2 Å². The lowest BCUT2D eigenvalue weighted by Crippen LogP contribution is -2.08. The van der Waals surface area contributed by atoms with Crippen molar-refractivity contribution in [2.24, 2.45) is 5.16 Å². The van der Waals surface area contributed by atoms with Crippen LogP contribution in [0.2, 0.25) is 0 Å². The van der Waals surface area contributed by atoms with Gasteiger partial charge in [-0.2, -0.15) is 0 Å². The van der Waals surface area contributed by atoms with Gasteiger partial charge in [0.2, 0.25) is 0 Å². The summed E-state index contributed by atoms with van der Waals surface area (Å²) in [7, 11) is 1.51. The predicted octanol–water partition coefficient (Wildman–Crippen LogP) is 3.89. The fourth-order valence-corrected chi connectivity index (χ4v) is 2.28. The molecule has 1 N–H and O–H groups in total. The van der Waals surface area contributed by atoms with Gasteiger partial charge in [0.05, 0.1) is 0 Å². The fraction of sp³-hybridized carbons (Fsp3) is 0.267. The van der Waals surface area contributed by atoms with Gasteiger partial charge in [-0.05, 0) is 43.5 Å². The van der Waals surface area contributed by atoms with E-state index in [4.69, 9.17) is 16.4 Å². The van der Waals surface area contributed by atoms with Gasteiger partial charge in [-0.1, -0.05) is 28.9 Å². The molecular formula is C15H16ClNO2. The van der Waals surface area contributed by atoms with Crippen LogP contribution in [0.25, 0.3) is 0 Å². The Kier molecular flexibility index (Phi) is 4.27. The van der Waals surface area contributed by atoms with Crippen LogP contribution in [0.1, 0.15) is 24.0 Å². The van der Waals surface area contributed by atoms with Gasteiger partial charge in [0.1, 0.15) is 18.6 Å². The number of benzene rings is 1. The molecule has 0 atom stereocenters. The molecule has 0 amide bonds.